The van der Waals surface area contributed by atoms with E-state index in [1.165, 1.54) is 141 Å². The molecule has 0 spiro atoms. The highest BCUT2D eigenvalue weighted by Gasteiger charge is 2.11. The lowest BCUT2D eigenvalue weighted by molar-refractivity contribution is 0.0680. The summed E-state index contributed by atoms with van der Waals surface area (Å²) < 4.78 is 0. The summed E-state index contributed by atoms with van der Waals surface area (Å²) in [4.78, 5) is 0. The summed E-state index contributed by atoms with van der Waals surface area (Å²) in [6, 6.07) is 0. The maximum atomic E-state index is 10.2. The molecule has 0 heterocycles. The van der Waals surface area contributed by atoms with Crippen molar-refractivity contribution in [1.29, 1.82) is 0 Å². The highest BCUT2D eigenvalue weighted by molar-refractivity contribution is 4.64. The van der Waals surface area contributed by atoms with Crippen LogP contribution in [0.3, 0.4) is 0 Å². The summed E-state index contributed by atoms with van der Waals surface area (Å²) >= 11 is 0. The van der Waals surface area contributed by atoms with Gasteiger partial charge in [0.05, 0.1) is 12.2 Å². The zero-order valence-electron chi connectivity index (χ0n) is 23.1. The Balaban J connectivity index is 3.28. The first-order valence-electron chi connectivity index (χ1n) is 15.6. The Morgan fingerprint density at radius 2 is 0.545 bits per heavy atom. The zero-order valence-corrected chi connectivity index (χ0v) is 23.1. The first-order valence-corrected chi connectivity index (χ1v) is 15.6. The second-order valence-corrected chi connectivity index (χ2v) is 10.9. The van der Waals surface area contributed by atoms with Crippen molar-refractivity contribution >= 4 is 0 Å². The van der Waals surface area contributed by atoms with Crippen LogP contribution in [0.5, 0.6) is 0 Å². The second-order valence-electron chi connectivity index (χ2n) is 10.9. The summed E-state index contributed by atoms with van der Waals surface area (Å²) in [5.41, 5.74) is 0. The van der Waals surface area contributed by atoms with Gasteiger partial charge in [-0.05, 0) is 19.3 Å². The molecule has 0 amide bonds. The summed E-state index contributed by atoms with van der Waals surface area (Å²) in [6.07, 6.45) is 34.2. The van der Waals surface area contributed by atoms with Crippen LogP contribution in [-0.4, -0.2) is 22.4 Å². The fourth-order valence-corrected chi connectivity index (χ4v) is 4.99. The van der Waals surface area contributed by atoms with E-state index in [-0.39, 0.29) is 12.2 Å². The normalized spacial score (nSPS) is 13.5. The Hall–Kier alpha value is -0.0800. The highest BCUT2D eigenvalue weighted by atomic mass is 16.3. The largest absolute Gasteiger partial charge is 0.393 e. The van der Waals surface area contributed by atoms with Crippen molar-refractivity contribution in [1.82, 2.24) is 0 Å². The topological polar surface area (TPSA) is 40.5 Å². The van der Waals surface area contributed by atoms with Crippen molar-refractivity contribution in [3.8, 4) is 0 Å². The molecule has 0 aromatic heterocycles. The van der Waals surface area contributed by atoms with Gasteiger partial charge in [-0.1, -0.05) is 168 Å². The SMILES string of the molecule is CCCCCCCCCCCCCCCC(O)CC(O)CCCCCCCCCCCCC. The van der Waals surface area contributed by atoms with E-state index in [2.05, 4.69) is 13.8 Å². The van der Waals surface area contributed by atoms with Crippen molar-refractivity contribution in [3.63, 3.8) is 0 Å². The second kappa shape index (κ2) is 28.2. The molecule has 2 unspecified atom stereocenters. The van der Waals surface area contributed by atoms with Crippen molar-refractivity contribution in [2.75, 3.05) is 0 Å². The van der Waals surface area contributed by atoms with Crippen LogP contribution >= 0.6 is 0 Å². The minimum absolute atomic E-state index is 0.305. The third kappa shape index (κ3) is 28.0. The van der Waals surface area contributed by atoms with E-state index in [4.69, 9.17) is 0 Å². The van der Waals surface area contributed by atoms with Gasteiger partial charge in [0.25, 0.3) is 0 Å². The van der Waals surface area contributed by atoms with Crippen LogP contribution in [-0.2, 0) is 0 Å². The fourth-order valence-electron chi connectivity index (χ4n) is 4.99. The smallest absolute Gasteiger partial charge is 0.0564 e. The molecule has 0 aliphatic rings. The van der Waals surface area contributed by atoms with E-state index in [9.17, 15) is 10.2 Å². The van der Waals surface area contributed by atoms with Gasteiger partial charge in [-0.2, -0.15) is 0 Å². The van der Waals surface area contributed by atoms with Crippen molar-refractivity contribution in [2.24, 2.45) is 0 Å². The zero-order chi connectivity index (χ0) is 24.2. The van der Waals surface area contributed by atoms with E-state index >= 15 is 0 Å². The van der Waals surface area contributed by atoms with Crippen LogP contribution in [0, 0.1) is 0 Å². The van der Waals surface area contributed by atoms with Crippen LogP contribution in [0.1, 0.15) is 187 Å². The number of unbranched alkanes of at least 4 members (excludes halogenated alkanes) is 22. The molecule has 0 rings (SSSR count). The van der Waals surface area contributed by atoms with Crippen molar-refractivity contribution < 1.29 is 10.2 Å². The maximum absolute atomic E-state index is 10.2. The monoisotopic (exact) mass is 468 g/mol. The molecular formula is C31H64O2. The third-order valence-electron chi connectivity index (χ3n) is 7.33. The molecule has 0 bridgehead atoms. The highest BCUT2D eigenvalue weighted by Crippen LogP contribution is 2.17. The lowest BCUT2D eigenvalue weighted by Crippen LogP contribution is -2.17. The average molecular weight is 469 g/mol. The minimum Gasteiger partial charge on any atom is -0.393 e. The molecule has 33 heavy (non-hydrogen) atoms. The molecule has 0 aliphatic heterocycles. The lowest BCUT2D eigenvalue weighted by Gasteiger charge is -2.15. The summed E-state index contributed by atoms with van der Waals surface area (Å²) in [6.45, 7) is 4.56. The summed E-state index contributed by atoms with van der Waals surface area (Å²) in [7, 11) is 0. The van der Waals surface area contributed by atoms with Crippen molar-refractivity contribution in [2.45, 2.75) is 199 Å². The Labute approximate surface area is 209 Å². The quantitative estimate of drug-likeness (QED) is 0.112. The predicted octanol–water partition coefficient (Wildman–Crippen LogP) is 10.3. The molecule has 0 aromatic rings. The standard InChI is InChI=1S/C31H64O2/c1-3-5-7-9-11-13-15-16-18-20-22-24-26-28-31(33)29-30(32)27-25-23-21-19-17-14-12-10-8-6-4-2/h30-33H,3-29H2,1-2H3. The molecule has 2 nitrogen and oxygen atoms in total. The van der Waals surface area contributed by atoms with Crippen LogP contribution < -0.4 is 0 Å². The van der Waals surface area contributed by atoms with Gasteiger partial charge in [0.2, 0.25) is 0 Å². The Morgan fingerprint density at radius 3 is 0.788 bits per heavy atom. The molecular weight excluding hydrogens is 404 g/mol. The Bertz CT molecular complexity index is 344. The van der Waals surface area contributed by atoms with Gasteiger partial charge in [0.1, 0.15) is 0 Å². The third-order valence-corrected chi connectivity index (χ3v) is 7.33. The molecule has 0 saturated carbocycles. The summed E-state index contributed by atoms with van der Waals surface area (Å²) in [5.74, 6) is 0. The number of rotatable bonds is 28. The van der Waals surface area contributed by atoms with Gasteiger partial charge in [0.15, 0.2) is 0 Å². The Kier molecular flexibility index (Phi) is 28.1. The molecule has 2 atom stereocenters. The number of aliphatic hydroxyl groups is 2. The predicted molar refractivity (Wildman–Crippen MR) is 148 cm³/mol. The fraction of sp³-hybridized carbons (Fsp3) is 1.00. The molecule has 200 valence electrons. The van der Waals surface area contributed by atoms with Gasteiger partial charge in [-0.25, -0.2) is 0 Å². The van der Waals surface area contributed by atoms with Crippen LogP contribution in [0.15, 0.2) is 0 Å². The van der Waals surface area contributed by atoms with Crippen LogP contribution in [0.4, 0.5) is 0 Å². The molecule has 0 aliphatic carbocycles. The number of hydrogen-bond donors (Lipinski definition) is 2. The number of aliphatic hydroxyl groups excluding tert-OH is 2. The maximum Gasteiger partial charge on any atom is 0.0564 e. The first-order chi connectivity index (χ1) is 16.2. The van der Waals surface area contributed by atoms with E-state index < -0.39 is 0 Å². The van der Waals surface area contributed by atoms with Gasteiger partial charge in [0, 0.05) is 0 Å². The van der Waals surface area contributed by atoms with Crippen LogP contribution in [0.2, 0.25) is 0 Å². The first kappa shape index (κ1) is 32.9. The summed E-state index contributed by atoms with van der Waals surface area (Å²) in [5, 5.41) is 20.4. The molecule has 0 radical (unpaired) electrons. The molecule has 2 heteroatoms. The van der Waals surface area contributed by atoms with Crippen molar-refractivity contribution in [3.05, 3.63) is 0 Å². The Morgan fingerprint density at radius 1 is 0.333 bits per heavy atom. The molecule has 2 N–H and O–H groups in total. The molecule has 0 fully saturated rings. The van der Waals surface area contributed by atoms with E-state index in [1.807, 2.05) is 0 Å². The van der Waals surface area contributed by atoms with Gasteiger partial charge in [-0.3, -0.25) is 0 Å². The van der Waals surface area contributed by atoms with Crippen LogP contribution in [0.25, 0.3) is 0 Å². The average Bonchev–Trinajstić information content (AvgIpc) is 2.80. The van der Waals surface area contributed by atoms with Gasteiger partial charge in [-0.15, -0.1) is 0 Å². The van der Waals surface area contributed by atoms with Gasteiger partial charge >= 0.3 is 0 Å². The van der Waals surface area contributed by atoms with E-state index in [1.54, 1.807) is 0 Å². The van der Waals surface area contributed by atoms with E-state index in [0.717, 1.165) is 25.7 Å². The lowest BCUT2D eigenvalue weighted by atomic mass is 9.99. The minimum atomic E-state index is -0.305. The van der Waals surface area contributed by atoms with Gasteiger partial charge < -0.3 is 10.2 Å². The molecule has 0 aromatic carbocycles. The number of hydrogen-bond acceptors (Lipinski definition) is 2. The molecule has 0 saturated heterocycles. The van der Waals surface area contributed by atoms with E-state index in [0.29, 0.717) is 6.42 Å².